The van der Waals surface area contributed by atoms with Crippen LogP contribution in [0.1, 0.15) is 0 Å². The quantitative estimate of drug-likeness (QED) is 0.466. The molecule has 0 heterocycles. The molecule has 0 amide bonds. The number of hydrogen-bond donors (Lipinski definition) is 1. The van der Waals surface area contributed by atoms with Crippen molar-refractivity contribution in [3.05, 3.63) is 0 Å². The predicted molar refractivity (Wildman–Crippen MR) is 27.1 cm³/mol. The van der Waals surface area contributed by atoms with Crippen LogP contribution in [0.5, 0.6) is 0 Å². The summed E-state index contributed by atoms with van der Waals surface area (Å²) < 4.78 is 25.9. The van der Waals surface area contributed by atoms with E-state index >= 15 is 0 Å². The molecule has 4 nitrogen and oxygen atoms in total. The molecule has 0 aliphatic carbocycles. The standard InChI is InChI=1S/CH4O3S.CH2O.FH/c1-5(2,3)4;1-2;/h1H3,(H,2,3,4);1H2;1H. The Morgan fingerprint density at radius 1 is 1.38 bits per heavy atom. The van der Waals surface area contributed by atoms with Gasteiger partial charge in [0.05, 0.1) is 6.26 Å². The van der Waals surface area contributed by atoms with Crippen LogP contribution in [0.3, 0.4) is 0 Å². The summed E-state index contributed by atoms with van der Waals surface area (Å²) in [5.41, 5.74) is 0. The Morgan fingerprint density at radius 3 is 1.38 bits per heavy atom. The monoisotopic (exact) mass is 146 g/mol. The lowest BCUT2D eigenvalue weighted by molar-refractivity contribution is -0.0979. The molecular weight excluding hydrogens is 139 g/mol. The Balaban J connectivity index is -0.0000000750. The second-order valence-electron chi connectivity index (χ2n) is 0.733. The summed E-state index contributed by atoms with van der Waals surface area (Å²) in [4.78, 5) is 8.00. The zero-order chi connectivity index (χ0) is 6.50. The normalized spacial score (nSPS) is 7.75. The van der Waals surface area contributed by atoms with E-state index in [1.165, 1.54) is 0 Å². The first-order valence-electron chi connectivity index (χ1n) is 1.21. The van der Waals surface area contributed by atoms with E-state index in [0.29, 0.717) is 6.26 Å². The molecule has 0 saturated heterocycles. The number of hydrogen-bond acceptors (Lipinski definition) is 3. The van der Waals surface area contributed by atoms with Crippen molar-refractivity contribution in [1.82, 2.24) is 0 Å². The highest BCUT2D eigenvalue weighted by molar-refractivity contribution is 7.85. The summed E-state index contributed by atoms with van der Waals surface area (Å²) in [6.45, 7) is 2.00. The lowest BCUT2D eigenvalue weighted by atomic mass is 11.9. The topological polar surface area (TPSA) is 71.4 Å². The van der Waals surface area contributed by atoms with Gasteiger partial charge in [0.25, 0.3) is 10.1 Å². The largest absolute Gasteiger partial charge is 0.307 e. The van der Waals surface area contributed by atoms with Gasteiger partial charge >= 0.3 is 0 Å². The molecule has 0 radical (unpaired) electrons. The van der Waals surface area contributed by atoms with Gasteiger partial charge < -0.3 is 4.79 Å². The van der Waals surface area contributed by atoms with Crippen molar-refractivity contribution in [3.8, 4) is 0 Å². The second kappa shape index (κ2) is 6.51. The number of rotatable bonds is 0. The van der Waals surface area contributed by atoms with Gasteiger partial charge in [-0.2, -0.15) is 8.42 Å². The molecule has 0 saturated carbocycles. The van der Waals surface area contributed by atoms with Crippen LogP contribution in [0.15, 0.2) is 0 Å². The molecule has 0 atom stereocenters. The van der Waals surface area contributed by atoms with Crippen molar-refractivity contribution in [3.63, 3.8) is 0 Å². The molecule has 6 heteroatoms. The zero-order valence-corrected chi connectivity index (χ0v) is 5.01. The Morgan fingerprint density at radius 2 is 1.38 bits per heavy atom. The van der Waals surface area contributed by atoms with Gasteiger partial charge in [-0.05, 0) is 0 Å². The minimum absolute atomic E-state index is 0. The summed E-state index contributed by atoms with van der Waals surface area (Å²) in [6, 6.07) is 0. The Kier molecular flexibility index (Phi) is 12.7. The first-order valence-corrected chi connectivity index (χ1v) is 3.06. The second-order valence-corrected chi connectivity index (χ2v) is 2.20. The molecule has 0 rings (SSSR count). The lowest BCUT2D eigenvalue weighted by Gasteiger charge is -1.69. The molecule has 52 valence electrons. The average Bonchev–Trinajstić information content (AvgIpc) is 1.36. The minimum atomic E-state index is -3.67. The van der Waals surface area contributed by atoms with Gasteiger partial charge in [-0.15, -0.1) is 0 Å². The molecule has 0 bridgehead atoms. The van der Waals surface area contributed by atoms with Gasteiger partial charge in [0, 0.05) is 0 Å². The van der Waals surface area contributed by atoms with E-state index < -0.39 is 10.1 Å². The first kappa shape index (κ1) is 15.6. The van der Waals surface area contributed by atoms with E-state index in [1.807, 2.05) is 6.79 Å². The fraction of sp³-hybridized carbons (Fsp3) is 0.500. The molecule has 8 heavy (non-hydrogen) atoms. The van der Waals surface area contributed by atoms with E-state index in [4.69, 9.17) is 9.35 Å². The molecule has 0 unspecified atom stereocenters. The van der Waals surface area contributed by atoms with Crippen LogP contribution in [-0.2, 0) is 14.9 Å². The van der Waals surface area contributed by atoms with Crippen LogP contribution >= 0.6 is 0 Å². The fourth-order valence-electron chi connectivity index (χ4n) is 0. The highest BCUT2D eigenvalue weighted by Gasteiger charge is 1.81. The third kappa shape index (κ3) is 467. The highest BCUT2D eigenvalue weighted by atomic mass is 32.2. The van der Waals surface area contributed by atoms with Crippen LogP contribution in [0.4, 0.5) is 4.70 Å². The maximum absolute atomic E-state index is 9.19. The smallest absolute Gasteiger partial charge is 0.261 e. The number of halogens is 1. The van der Waals surface area contributed by atoms with Crippen LogP contribution in [0.2, 0.25) is 0 Å². The van der Waals surface area contributed by atoms with Gasteiger partial charge in [-0.25, -0.2) is 0 Å². The summed E-state index contributed by atoms with van der Waals surface area (Å²) >= 11 is 0. The lowest BCUT2D eigenvalue weighted by Crippen LogP contribution is -1.88. The minimum Gasteiger partial charge on any atom is -0.307 e. The van der Waals surface area contributed by atoms with Crippen LogP contribution in [0.25, 0.3) is 0 Å². The number of carbonyl (C=O) groups excluding carboxylic acids is 1. The van der Waals surface area contributed by atoms with Gasteiger partial charge in [-0.1, -0.05) is 0 Å². The van der Waals surface area contributed by atoms with Crippen molar-refractivity contribution in [2.75, 3.05) is 6.26 Å². The van der Waals surface area contributed by atoms with Crippen LogP contribution in [0, 0.1) is 0 Å². The summed E-state index contributed by atoms with van der Waals surface area (Å²) in [7, 11) is -3.67. The maximum Gasteiger partial charge on any atom is 0.261 e. The van der Waals surface area contributed by atoms with Crippen molar-refractivity contribution < 1.29 is 22.5 Å². The summed E-state index contributed by atoms with van der Waals surface area (Å²) in [5.74, 6) is 0. The van der Waals surface area contributed by atoms with Gasteiger partial charge in [0.1, 0.15) is 6.79 Å². The summed E-state index contributed by atoms with van der Waals surface area (Å²) in [5, 5.41) is 0. The molecule has 0 spiro atoms. The molecule has 1 N–H and O–H groups in total. The van der Waals surface area contributed by atoms with Crippen molar-refractivity contribution >= 4 is 16.9 Å². The van der Waals surface area contributed by atoms with E-state index in [1.54, 1.807) is 0 Å². The molecule has 0 aromatic rings. The molecule has 0 aromatic heterocycles. The maximum atomic E-state index is 9.19. The molecule has 0 fully saturated rings. The van der Waals surface area contributed by atoms with E-state index in [-0.39, 0.29) is 4.70 Å². The van der Waals surface area contributed by atoms with E-state index in [2.05, 4.69) is 0 Å². The molecule has 0 aromatic carbocycles. The predicted octanol–water partition coefficient (Wildman–Crippen LogP) is -0.528. The Bertz CT molecular complexity index is 108. The van der Waals surface area contributed by atoms with Gasteiger partial charge in [-0.3, -0.25) is 9.26 Å². The Hall–Kier alpha value is -0.490. The third-order valence-corrected chi connectivity index (χ3v) is 0. The van der Waals surface area contributed by atoms with Crippen molar-refractivity contribution in [2.24, 2.45) is 0 Å². The van der Waals surface area contributed by atoms with Crippen LogP contribution < -0.4 is 0 Å². The Labute approximate surface area is 46.6 Å². The number of carbonyl (C=O) groups is 1. The molecule has 0 aliphatic rings. The SMILES string of the molecule is C=O.CS(=O)(=O)O.F. The summed E-state index contributed by atoms with van der Waals surface area (Å²) in [6.07, 6.45) is 0.715. The van der Waals surface area contributed by atoms with E-state index in [0.717, 1.165) is 0 Å². The van der Waals surface area contributed by atoms with Gasteiger partial charge in [0.15, 0.2) is 0 Å². The van der Waals surface area contributed by atoms with Gasteiger partial charge in [0.2, 0.25) is 0 Å². The fourth-order valence-corrected chi connectivity index (χ4v) is 0. The zero-order valence-electron chi connectivity index (χ0n) is 4.20. The highest BCUT2D eigenvalue weighted by Crippen LogP contribution is 1.60. The average molecular weight is 146 g/mol. The third-order valence-electron chi connectivity index (χ3n) is 0. The molecular formula is C2H7FO4S. The van der Waals surface area contributed by atoms with E-state index in [9.17, 15) is 8.42 Å². The first-order chi connectivity index (χ1) is 3.00. The van der Waals surface area contributed by atoms with Crippen LogP contribution in [-0.4, -0.2) is 26.0 Å². The molecule has 0 aliphatic heterocycles. The van der Waals surface area contributed by atoms with Crippen molar-refractivity contribution in [2.45, 2.75) is 0 Å². The van der Waals surface area contributed by atoms with Crippen molar-refractivity contribution in [1.29, 1.82) is 0 Å².